The predicted octanol–water partition coefficient (Wildman–Crippen LogP) is 4.62. The molecular formula is C28H24ClN3O5. The van der Waals surface area contributed by atoms with Crippen LogP contribution in [0.3, 0.4) is 0 Å². The van der Waals surface area contributed by atoms with Crippen molar-refractivity contribution in [2.75, 3.05) is 16.8 Å². The maximum absolute atomic E-state index is 13.0. The van der Waals surface area contributed by atoms with E-state index in [9.17, 15) is 19.2 Å². The number of benzene rings is 3. The molecule has 0 aromatic heterocycles. The van der Waals surface area contributed by atoms with Crippen molar-refractivity contribution in [3.05, 3.63) is 106 Å². The van der Waals surface area contributed by atoms with E-state index >= 15 is 0 Å². The molecule has 3 amide bonds. The Bertz CT molecular complexity index is 1350. The van der Waals surface area contributed by atoms with Crippen LogP contribution in [0.1, 0.15) is 39.6 Å². The fourth-order valence-electron chi connectivity index (χ4n) is 3.60. The summed E-state index contributed by atoms with van der Waals surface area (Å²) in [7, 11) is 0. The minimum absolute atomic E-state index is 0.0839. The Labute approximate surface area is 218 Å². The first-order valence-electron chi connectivity index (χ1n) is 11.6. The molecule has 0 fully saturated rings. The molecule has 3 aromatic carbocycles. The monoisotopic (exact) mass is 517 g/mol. The second-order valence-electron chi connectivity index (χ2n) is 8.19. The van der Waals surface area contributed by atoms with Gasteiger partial charge in [0.15, 0.2) is 0 Å². The molecule has 9 heteroatoms. The average molecular weight is 518 g/mol. The summed E-state index contributed by atoms with van der Waals surface area (Å²) in [6.07, 6.45) is 0.699. The summed E-state index contributed by atoms with van der Waals surface area (Å²) in [5.41, 5.74) is 2.39. The van der Waals surface area contributed by atoms with Crippen LogP contribution in [0.2, 0.25) is 0 Å². The van der Waals surface area contributed by atoms with Crippen molar-refractivity contribution in [2.45, 2.75) is 19.9 Å². The first kappa shape index (κ1) is 25.7. The number of amides is 3. The van der Waals surface area contributed by atoms with Gasteiger partial charge in [-0.1, -0.05) is 48.9 Å². The Morgan fingerprint density at radius 3 is 2.16 bits per heavy atom. The van der Waals surface area contributed by atoms with Gasteiger partial charge in [0, 0.05) is 17.8 Å². The molecule has 0 saturated heterocycles. The maximum Gasteiger partial charge on any atom is 0.338 e. The third kappa shape index (κ3) is 5.87. The fourth-order valence-corrected chi connectivity index (χ4v) is 3.81. The average Bonchev–Trinajstić information content (AvgIpc) is 3.14. The van der Waals surface area contributed by atoms with Gasteiger partial charge in [-0.05, 0) is 60.5 Å². The standard InChI is InChI=1S/C28H24ClN3O5/c1-2-16-37-28(36)20-10-14-22(15-11-20)32-26(34)23(29)24(27(32)35)31-21-12-8-19(9-13-21)25(33)30-17-18-6-4-3-5-7-18/h3-15,31H,2,16-17H2,1H3,(H,30,33). The van der Waals surface area contributed by atoms with E-state index in [2.05, 4.69) is 10.6 Å². The van der Waals surface area contributed by atoms with E-state index in [-0.39, 0.29) is 22.3 Å². The highest BCUT2D eigenvalue weighted by molar-refractivity contribution is 6.53. The predicted molar refractivity (Wildman–Crippen MR) is 140 cm³/mol. The second kappa shape index (κ2) is 11.5. The number of esters is 1. The van der Waals surface area contributed by atoms with Crippen LogP contribution in [0.25, 0.3) is 0 Å². The van der Waals surface area contributed by atoms with Crippen molar-refractivity contribution in [1.82, 2.24) is 5.32 Å². The first-order chi connectivity index (χ1) is 17.9. The van der Waals surface area contributed by atoms with Crippen molar-refractivity contribution in [3.8, 4) is 0 Å². The molecule has 8 nitrogen and oxygen atoms in total. The highest BCUT2D eigenvalue weighted by Gasteiger charge is 2.39. The number of ether oxygens (including phenoxy) is 1. The number of hydrogen-bond acceptors (Lipinski definition) is 6. The van der Waals surface area contributed by atoms with E-state index < -0.39 is 17.8 Å². The van der Waals surface area contributed by atoms with Gasteiger partial charge in [0.25, 0.3) is 17.7 Å². The summed E-state index contributed by atoms with van der Waals surface area (Å²) in [6, 6.07) is 21.9. The van der Waals surface area contributed by atoms with Crippen molar-refractivity contribution in [3.63, 3.8) is 0 Å². The molecule has 0 aliphatic carbocycles. The molecule has 0 unspecified atom stereocenters. The first-order valence-corrected chi connectivity index (χ1v) is 12.0. The SMILES string of the molecule is CCCOC(=O)c1ccc(N2C(=O)C(Cl)=C(Nc3ccc(C(=O)NCc4ccccc4)cc3)C2=O)cc1. The van der Waals surface area contributed by atoms with Crippen molar-refractivity contribution >= 4 is 46.7 Å². The van der Waals surface area contributed by atoms with Crippen molar-refractivity contribution in [2.24, 2.45) is 0 Å². The van der Waals surface area contributed by atoms with Gasteiger partial charge in [0.05, 0.1) is 17.9 Å². The lowest BCUT2D eigenvalue weighted by Gasteiger charge is -2.15. The molecule has 0 spiro atoms. The third-order valence-corrected chi connectivity index (χ3v) is 5.89. The number of nitrogens with one attached hydrogen (secondary N) is 2. The third-order valence-electron chi connectivity index (χ3n) is 5.54. The van der Waals surface area contributed by atoms with Crippen LogP contribution in [-0.4, -0.2) is 30.3 Å². The molecule has 0 bridgehead atoms. The number of imide groups is 1. The van der Waals surface area contributed by atoms with Crippen LogP contribution in [0, 0.1) is 0 Å². The Morgan fingerprint density at radius 2 is 1.51 bits per heavy atom. The van der Waals surface area contributed by atoms with Gasteiger partial charge < -0.3 is 15.4 Å². The lowest BCUT2D eigenvalue weighted by Crippen LogP contribution is -2.32. The largest absolute Gasteiger partial charge is 0.462 e. The molecular weight excluding hydrogens is 494 g/mol. The molecule has 0 atom stereocenters. The summed E-state index contributed by atoms with van der Waals surface area (Å²) in [4.78, 5) is 51.1. The Balaban J connectivity index is 1.40. The fraction of sp³-hybridized carbons (Fsp3) is 0.143. The van der Waals surface area contributed by atoms with E-state index in [1.165, 1.54) is 24.3 Å². The molecule has 37 heavy (non-hydrogen) atoms. The molecule has 2 N–H and O–H groups in total. The van der Waals surface area contributed by atoms with Gasteiger partial charge in [0.2, 0.25) is 0 Å². The summed E-state index contributed by atoms with van der Waals surface area (Å²) in [5, 5.41) is 5.46. The number of carbonyl (C=O) groups excluding carboxylic acids is 4. The molecule has 0 saturated carbocycles. The van der Waals surface area contributed by atoms with Gasteiger partial charge in [-0.15, -0.1) is 0 Å². The molecule has 1 aliphatic heterocycles. The van der Waals surface area contributed by atoms with Crippen molar-refractivity contribution < 1.29 is 23.9 Å². The zero-order valence-corrected chi connectivity index (χ0v) is 20.7. The summed E-state index contributed by atoms with van der Waals surface area (Å²) < 4.78 is 5.09. The molecule has 1 heterocycles. The van der Waals surface area contributed by atoms with Crippen LogP contribution in [-0.2, 0) is 20.9 Å². The van der Waals surface area contributed by atoms with E-state index in [1.54, 1.807) is 24.3 Å². The number of rotatable bonds is 9. The normalized spacial score (nSPS) is 13.1. The van der Waals surface area contributed by atoms with Crippen LogP contribution in [0.5, 0.6) is 0 Å². The van der Waals surface area contributed by atoms with Gasteiger partial charge in [-0.3, -0.25) is 14.4 Å². The van der Waals surface area contributed by atoms with Crippen LogP contribution in [0.4, 0.5) is 11.4 Å². The lowest BCUT2D eigenvalue weighted by atomic mass is 10.1. The Morgan fingerprint density at radius 1 is 0.865 bits per heavy atom. The highest BCUT2D eigenvalue weighted by atomic mass is 35.5. The van der Waals surface area contributed by atoms with E-state index in [0.717, 1.165) is 10.5 Å². The summed E-state index contributed by atoms with van der Waals surface area (Å²) in [5.74, 6) is -2.05. The van der Waals surface area contributed by atoms with Gasteiger partial charge in [-0.2, -0.15) is 0 Å². The zero-order valence-electron chi connectivity index (χ0n) is 20.0. The topological polar surface area (TPSA) is 105 Å². The number of halogens is 1. The molecule has 0 radical (unpaired) electrons. The maximum atomic E-state index is 13.0. The Hall–Kier alpha value is -4.43. The molecule has 1 aliphatic rings. The van der Waals surface area contributed by atoms with E-state index in [4.69, 9.17) is 16.3 Å². The van der Waals surface area contributed by atoms with Gasteiger partial charge in [0.1, 0.15) is 10.7 Å². The second-order valence-corrected chi connectivity index (χ2v) is 8.57. The number of carbonyl (C=O) groups is 4. The van der Waals surface area contributed by atoms with Gasteiger partial charge >= 0.3 is 5.97 Å². The minimum Gasteiger partial charge on any atom is -0.462 e. The number of nitrogens with zero attached hydrogens (tertiary/aromatic N) is 1. The Kier molecular flexibility index (Phi) is 8.00. The van der Waals surface area contributed by atoms with Crippen LogP contribution < -0.4 is 15.5 Å². The van der Waals surface area contributed by atoms with E-state index in [0.29, 0.717) is 36.4 Å². The molecule has 4 rings (SSSR count). The lowest BCUT2D eigenvalue weighted by molar-refractivity contribution is -0.120. The quantitative estimate of drug-likeness (QED) is 0.317. The smallest absolute Gasteiger partial charge is 0.338 e. The van der Waals surface area contributed by atoms with Crippen molar-refractivity contribution in [1.29, 1.82) is 0 Å². The minimum atomic E-state index is -0.688. The molecule has 3 aromatic rings. The number of hydrogen-bond donors (Lipinski definition) is 2. The number of anilines is 2. The summed E-state index contributed by atoms with van der Waals surface area (Å²) in [6.45, 7) is 2.59. The van der Waals surface area contributed by atoms with Crippen LogP contribution >= 0.6 is 11.6 Å². The van der Waals surface area contributed by atoms with Crippen LogP contribution in [0.15, 0.2) is 89.6 Å². The summed E-state index contributed by atoms with van der Waals surface area (Å²) >= 11 is 6.21. The van der Waals surface area contributed by atoms with Gasteiger partial charge in [-0.25, -0.2) is 9.69 Å². The molecule has 188 valence electrons. The highest BCUT2D eigenvalue weighted by Crippen LogP contribution is 2.30. The van der Waals surface area contributed by atoms with E-state index in [1.807, 2.05) is 37.3 Å². The zero-order chi connectivity index (χ0) is 26.4.